The van der Waals surface area contributed by atoms with Gasteiger partial charge in [-0.25, -0.2) is 8.78 Å². The topological polar surface area (TPSA) is 24.7 Å². The highest BCUT2D eigenvalue weighted by Crippen LogP contribution is 2.33. The molecule has 0 unspecified atom stereocenters. The highest BCUT2D eigenvalue weighted by molar-refractivity contribution is 9.10. The van der Waals surface area contributed by atoms with E-state index in [1.165, 1.54) is 18.0 Å². The van der Waals surface area contributed by atoms with Crippen LogP contribution < -0.4 is 0 Å². The SMILES string of the molecule is Cc1cc(F)c(Br)c(F)c1N=NSC(C)(C)C. The fraction of sp³-hybridized carbons (Fsp3) is 0.455. The van der Waals surface area contributed by atoms with Gasteiger partial charge in [-0.3, -0.25) is 0 Å². The minimum absolute atomic E-state index is 0.0648. The van der Waals surface area contributed by atoms with Crippen molar-refractivity contribution in [1.82, 2.24) is 0 Å². The maximum absolute atomic E-state index is 13.7. The average molecular weight is 323 g/mol. The second-order valence-electron chi connectivity index (χ2n) is 4.54. The van der Waals surface area contributed by atoms with Crippen LogP contribution in [-0.2, 0) is 0 Å². The predicted octanol–water partition coefficient (Wildman–Crippen LogP) is 5.57. The second-order valence-corrected chi connectivity index (χ2v) is 6.90. The minimum Gasteiger partial charge on any atom is -0.206 e. The van der Waals surface area contributed by atoms with Crippen molar-refractivity contribution in [2.24, 2.45) is 9.63 Å². The van der Waals surface area contributed by atoms with Crippen molar-refractivity contribution in [3.05, 3.63) is 27.7 Å². The van der Waals surface area contributed by atoms with Crippen LogP contribution in [0.5, 0.6) is 0 Å². The molecule has 0 aliphatic heterocycles. The van der Waals surface area contributed by atoms with Crippen LogP contribution in [0, 0.1) is 18.6 Å². The Morgan fingerprint density at radius 2 is 1.88 bits per heavy atom. The molecule has 0 radical (unpaired) electrons. The molecule has 0 bridgehead atoms. The fourth-order valence-corrected chi connectivity index (χ4v) is 1.68. The van der Waals surface area contributed by atoms with Gasteiger partial charge in [-0.2, -0.15) is 0 Å². The normalized spacial score (nSPS) is 12.4. The molecule has 1 rings (SSSR count). The Morgan fingerprint density at radius 1 is 1.29 bits per heavy atom. The summed E-state index contributed by atoms with van der Waals surface area (Å²) in [6.07, 6.45) is 0. The molecular weight excluding hydrogens is 310 g/mol. The number of hydrogen-bond acceptors (Lipinski definition) is 3. The van der Waals surface area contributed by atoms with E-state index in [-0.39, 0.29) is 14.9 Å². The Bertz CT molecular complexity index is 456. The third-order valence-corrected chi connectivity index (χ3v) is 3.22. The van der Waals surface area contributed by atoms with E-state index < -0.39 is 11.6 Å². The van der Waals surface area contributed by atoms with E-state index in [0.717, 1.165) is 0 Å². The van der Waals surface area contributed by atoms with Crippen molar-refractivity contribution >= 4 is 33.6 Å². The third kappa shape index (κ3) is 4.03. The van der Waals surface area contributed by atoms with E-state index in [0.29, 0.717) is 5.56 Å². The smallest absolute Gasteiger partial charge is 0.168 e. The van der Waals surface area contributed by atoms with Crippen LogP contribution in [0.4, 0.5) is 14.5 Å². The van der Waals surface area contributed by atoms with E-state index in [1.54, 1.807) is 6.92 Å². The lowest BCUT2D eigenvalue weighted by atomic mass is 10.2. The number of aryl methyl sites for hydroxylation is 1. The molecule has 0 aliphatic rings. The van der Waals surface area contributed by atoms with Gasteiger partial charge in [0, 0.05) is 16.7 Å². The number of halogens is 3. The van der Waals surface area contributed by atoms with Crippen molar-refractivity contribution in [2.45, 2.75) is 32.4 Å². The van der Waals surface area contributed by atoms with Crippen LogP contribution in [-0.4, -0.2) is 4.75 Å². The molecule has 0 aromatic heterocycles. The predicted molar refractivity (Wildman–Crippen MR) is 70.7 cm³/mol. The lowest BCUT2D eigenvalue weighted by molar-refractivity contribution is 0.571. The lowest BCUT2D eigenvalue weighted by Gasteiger charge is -2.11. The summed E-state index contributed by atoms with van der Waals surface area (Å²) in [4.78, 5) is 0. The van der Waals surface area contributed by atoms with E-state index >= 15 is 0 Å². The summed E-state index contributed by atoms with van der Waals surface area (Å²) < 4.78 is 30.4. The second kappa shape index (κ2) is 5.44. The molecule has 2 nitrogen and oxygen atoms in total. The Balaban J connectivity index is 3.04. The first-order valence-electron chi connectivity index (χ1n) is 4.95. The van der Waals surface area contributed by atoms with Crippen LogP contribution in [0.15, 0.2) is 20.2 Å². The molecule has 0 atom stereocenters. The first kappa shape index (κ1) is 14.6. The minimum atomic E-state index is -0.722. The standard InChI is InChI=1S/C11H13BrF2N2S/c1-6-5-7(13)8(12)9(14)10(6)15-16-17-11(2,3)4/h5H,1-4H3. The zero-order valence-electron chi connectivity index (χ0n) is 10.0. The van der Waals surface area contributed by atoms with E-state index in [1.807, 2.05) is 20.8 Å². The molecule has 17 heavy (non-hydrogen) atoms. The highest BCUT2D eigenvalue weighted by Gasteiger charge is 2.15. The maximum Gasteiger partial charge on any atom is 0.168 e. The summed E-state index contributed by atoms with van der Waals surface area (Å²) in [7, 11) is 0. The van der Waals surface area contributed by atoms with Gasteiger partial charge in [0.25, 0.3) is 0 Å². The molecule has 94 valence electrons. The van der Waals surface area contributed by atoms with Crippen molar-refractivity contribution < 1.29 is 8.78 Å². The maximum atomic E-state index is 13.7. The Morgan fingerprint density at radius 3 is 2.41 bits per heavy atom. The van der Waals surface area contributed by atoms with Gasteiger partial charge in [0.2, 0.25) is 0 Å². The first-order chi connectivity index (χ1) is 7.72. The van der Waals surface area contributed by atoms with Crippen molar-refractivity contribution in [1.29, 1.82) is 0 Å². The summed E-state index contributed by atoms with van der Waals surface area (Å²) in [6, 6.07) is 1.23. The molecule has 0 aliphatic carbocycles. The van der Waals surface area contributed by atoms with Crippen molar-refractivity contribution in [3.8, 4) is 0 Å². The Labute approximate surface area is 112 Å². The number of hydrogen-bond donors (Lipinski definition) is 0. The van der Waals surface area contributed by atoms with Crippen LogP contribution >= 0.6 is 27.9 Å². The zero-order valence-corrected chi connectivity index (χ0v) is 12.4. The summed E-state index contributed by atoms with van der Waals surface area (Å²) in [5.74, 6) is -1.36. The lowest BCUT2D eigenvalue weighted by Crippen LogP contribution is -2.04. The zero-order chi connectivity index (χ0) is 13.2. The summed E-state index contributed by atoms with van der Waals surface area (Å²) in [5.41, 5.74) is 0.483. The molecule has 6 heteroatoms. The molecule has 0 spiro atoms. The van der Waals surface area contributed by atoms with Gasteiger partial charge in [0.15, 0.2) is 5.82 Å². The van der Waals surface area contributed by atoms with E-state index in [4.69, 9.17) is 0 Å². The molecule has 0 saturated carbocycles. The fourth-order valence-electron chi connectivity index (χ4n) is 1.01. The van der Waals surface area contributed by atoms with Crippen molar-refractivity contribution in [3.63, 3.8) is 0 Å². The molecular formula is C11H13BrF2N2S. The molecule has 0 fully saturated rings. The quantitative estimate of drug-likeness (QED) is 0.397. The molecule has 0 amide bonds. The van der Waals surface area contributed by atoms with Crippen LogP contribution in [0.25, 0.3) is 0 Å². The van der Waals surface area contributed by atoms with Crippen molar-refractivity contribution in [2.75, 3.05) is 0 Å². The Kier molecular flexibility index (Phi) is 4.66. The summed E-state index contributed by atoms with van der Waals surface area (Å²) in [5, 5.41) is 3.81. The summed E-state index contributed by atoms with van der Waals surface area (Å²) in [6.45, 7) is 7.51. The number of nitrogens with zero attached hydrogens (tertiary/aromatic N) is 2. The number of benzene rings is 1. The molecule has 0 heterocycles. The molecule has 1 aromatic rings. The van der Waals surface area contributed by atoms with Gasteiger partial charge < -0.3 is 0 Å². The largest absolute Gasteiger partial charge is 0.206 e. The van der Waals surface area contributed by atoms with Gasteiger partial charge >= 0.3 is 0 Å². The van der Waals surface area contributed by atoms with Crippen LogP contribution in [0.2, 0.25) is 0 Å². The van der Waals surface area contributed by atoms with E-state index in [2.05, 4.69) is 25.6 Å². The molecule has 0 N–H and O–H groups in total. The number of rotatable bonds is 2. The highest BCUT2D eigenvalue weighted by atomic mass is 79.9. The third-order valence-electron chi connectivity index (χ3n) is 1.78. The molecule has 0 saturated heterocycles. The van der Waals surface area contributed by atoms with E-state index in [9.17, 15) is 8.78 Å². The van der Waals surface area contributed by atoms with Gasteiger partial charge in [-0.1, -0.05) is 0 Å². The summed E-state index contributed by atoms with van der Waals surface area (Å²) >= 11 is 4.08. The van der Waals surface area contributed by atoms with Gasteiger partial charge in [0.1, 0.15) is 11.5 Å². The molecule has 1 aromatic carbocycles. The van der Waals surface area contributed by atoms with Crippen LogP contribution in [0.3, 0.4) is 0 Å². The monoisotopic (exact) mass is 322 g/mol. The van der Waals surface area contributed by atoms with Gasteiger partial charge in [0.05, 0.1) is 4.47 Å². The van der Waals surface area contributed by atoms with Gasteiger partial charge in [-0.15, -0.1) is 9.63 Å². The van der Waals surface area contributed by atoms with Gasteiger partial charge in [-0.05, 0) is 55.3 Å². The van der Waals surface area contributed by atoms with Crippen LogP contribution in [0.1, 0.15) is 26.3 Å². The average Bonchev–Trinajstić information content (AvgIpc) is 2.18. The Hall–Kier alpha value is -0.490. The first-order valence-corrected chi connectivity index (χ1v) is 6.52.